The lowest BCUT2D eigenvalue weighted by atomic mass is 10.1. The van der Waals surface area contributed by atoms with E-state index < -0.39 is 10.0 Å². The minimum atomic E-state index is -3.78. The first-order valence-corrected chi connectivity index (χ1v) is 11.6. The molecule has 0 saturated carbocycles. The zero-order valence-corrected chi connectivity index (χ0v) is 18.8. The molecular formula is C20H23Cl2N3O4S. The summed E-state index contributed by atoms with van der Waals surface area (Å²) in [6.07, 6.45) is 0.636. The number of halogens is 2. The topological polar surface area (TPSA) is 79.0 Å². The summed E-state index contributed by atoms with van der Waals surface area (Å²) in [4.78, 5) is 14.0. The van der Waals surface area contributed by atoms with Crippen LogP contribution in [0.3, 0.4) is 0 Å². The molecule has 10 heteroatoms. The van der Waals surface area contributed by atoms with Crippen LogP contribution in [0.1, 0.15) is 5.56 Å². The Kier molecular flexibility index (Phi) is 7.46. The third kappa shape index (κ3) is 5.00. The van der Waals surface area contributed by atoms with Crippen molar-refractivity contribution in [2.24, 2.45) is 0 Å². The summed E-state index contributed by atoms with van der Waals surface area (Å²) >= 11 is 12.0. The molecule has 1 saturated heterocycles. The van der Waals surface area contributed by atoms with Crippen molar-refractivity contribution < 1.29 is 17.9 Å². The Morgan fingerprint density at radius 2 is 1.77 bits per heavy atom. The fraction of sp³-hybridized carbons (Fsp3) is 0.350. The summed E-state index contributed by atoms with van der Waals surface area (Å²) in [5.41, 5.74) is 1.01. The smallest absolute Gasteiger partial charge is 0.317 e. The van der Waals surface area contributed by atoms with Crippen LogP contribution in [0.4, 0.5) is 4.79 Å². The predicted octanol–water partition coefficient (Wildman–Crippen LogP) is 3.26. The van der Waals surface area contributed by atoms with Crippen molar-refractivity contribution in [2.45, 2.75) is 11.3 Å². The number of amides is 2. The van der Waals surface area contributed by atoms with E-state index in [2.05, 4.69) is 5.32 Å². The van der Waals surface area contributed by atoms with E-state index in [1.165, 1.54) is 16.4 Å². The van der Waals surface area contributed by atoms with Gasteiger partial charge in [-0.25, -0.2) is 13.2 Å². The molecule has 1 aliphatic rings. The van der Waals surface area contributed by atoms with E-state index in [4.69, 9.17) is 27.9 Å². The number of methoxy groups -OCH3 is 1. The van der Waals surface area contributed by atoms with Crippen molar-refractivity contribution in [2.75, 3.05) is 39.8 Å². The minimum absolute atomic E-state index is 0.00989. The van der Waals surface area contributed by atoms with Crippen LogP contribution >= 0.6 is 23.2 Å². The number of nitrogens with one attached hydrogen (secondary N) is 1. The molecule has 1 fully saturated rings. The molecule has 0 aromatic heterocycles. The molecule has 1 N–H and O–H groups in total. The fourth-order valence-electron chi connectivity index (χ4n) is 3.28. The Bertz CT molecular complexity index is 1010. The van der Waals surface area contributed by atoms with Crippen molar-refractivity contribution in [1.82, 2.24) is 14.5 Å². The Balaban J connectivity index is 1.53. The van der Waals surface area contributed by atoms with Crippen LogP contribution in [0.5, 0.6) is 5.75 Å². The van der Waals surface area contributed by atoms with E-state index in [1.54, 1.807) is 18.1 Å². The number of piperazine rings is 1. The molecule has 162 valence electrons. The van der Waals surface area contributed by atoms with Gasteiger partial charge in [0, 0.05) is 32.7 Å². The number of urea groups is 1. The molecule has 2 amide bonds. The first-order chi connectivity index (χ1) is 14.3. The maximum Gasteiger partial charge on any atom is 0.317 e. The Hall–Kier alpha value is -2.00. The molecule has 0 unspecified atom stereocenters. The molecule has 1 aliphatic heterocycles. The zero-order chi connectivity index (χ0) is 21.7. The number of carbonyl (C=O) groups is 1. The number of hydrogen-bond donors (Lipinski definition) is 1. The van der Waals surface area contributed by atoms with Gasteiger partial charge in [-0.1, -0.05) is 47.5 Å². The van der Waals surface area contributed by atoms with E-state index in [9.17, 15) is 13.2 Å². The molecule has 2 aromatic rings. The van der Waals surface area contributed by atoms with Gasteiger partial charge in [0.2, 0.25) is 10.0 Å². The van der Waals surface area contributed by atoms with Crippen LogP contribution in [0.15, 0.2) is 47.4 Å². The number of nitrogens with zero attached hydrogens (tertiary/aromatic N) is 2. The summed E-state index contributed by atoms with van der Waals surface area (Å²) in [6.45, 7) is 1.40. The highest BCUT2D eigenvalue weighted by atomic mass is 35.5. The second-order valence-electron chi connectivity index (χ2n) is 6.74. The van der Waals surface area contributed by atoms with E-state index in [0.29, 0.717) is 13.0 Å². The van der Waals surface area contributed by atoms with Gasteiger partial charge in [-0.15, -0.1) is 0 Å². The second-order valence-corrected chi connectivity index (χ2v) is 9.43. The maximum absolute atomic E-state index is 12.9. The zero-order valence-electron chi connectivity index (χ0n) is 16.5. The summed E-state index contributed by atoms with van der Waals surface area (Å²) < 4.78 is 32.4. The minimum Gasteiger partial charge on any atom is -0.496 e. The maximum atomic E-state index is 12.9. The van der Waals surface area contributed by atoms with Gasteiger partial charge in [-0.2, -0.15) is 4.31 Å². The van der Waals surface area contributed by atoms with E-state index in [0.717, 1.165) is 11.3 Å². The average molecular weight is 472 g/mol. The first-order valence-electron chi connectivity index (χ1n) is 9.43. The van der Waals surface area contributed by atoms with Gasteiger partial charge in [0.05, 0.1) is 17.2 Å². The lowest BCUT2D eigenvalue weighted by Crippen LogP contribution is -2.53. The highest BCUT2D eigenvalue weighted by Gasteiger charge is 2.31. The van der Waals surface area contributed by atoms with Crippen molar-refractivity contribution in [1.29, 1.82) is 0 Å². The van der Waals surface area contributed by atoms with Gasteiger partial charge < -0.3 is 15.0 Å². The molecule has 30 heavy (non-hydrogen) atoms. The monoisotopic (exact) mass is 471 g/mol. The van der Waals surface area contributed by atoms with Crippen LogP contribution in [-0.2, 0) is 16.4 Å². The normalized spacial score (nSPS) is 15.1. The van der Waals surface area contributed by atoms with Crippen LogP contribution in [0.25, 0.3) is 0 Å². The molecule has 2 aromatic carbocycles. The Morgan fingerprint density at radius 1 is 1.07 bits per heavy atom. The summed E-state index contributed by atoms with van der Waals surface area (Å²) in [7, 11) is -2.17. The number of sulfonamides is 1. The third-order valence-electron chi connectivity index (χ3n) is 4.92. The van der Waals surface area contributed by atoms with E-state index in [1.807, 2.05) is 24.3 Å². The van der Waals surface area contributed by atoms with Crippen molar-refractivity contribution in [3.8, 4) is 5.75 Å². The van der Waals surface area contributed by atoms with Gasteiger partial charge in [0.1, 0.15) is 10.6 Å². The standard InChI is InChI=1S/C20H23Cl2N3O4S/c1-29-17-7-3-2-5-15(17)9-10-23-20(26)24-11-13-25(14-12-24)30(27,28)18-8-4-6-16(21)19(18)22/h2-8H,9-14H2,1H3,(H,23,26). The first kappa shape index (κ1) is 22.7. The van der Waals surface area contributed by atoms with Gasteiger partial charge in [-0.3, -0.25) is 0 Å². The van der Waals surface area contributed by atoms with Crippen molar-refractivity contribution >= 4 is 39.3 Å². The number of hydrogen-bond acceptors (Lipinski definition) is 4. The number of carbonyl (C=O) groups excluding carboxylic acids is 1. The lowest BCUT2D eigenvalue weighted by Gasteiger charge is -2.34. The summed E-state index contributed by atoms with van der Waals surface area (Å²) in [5, 5.41) is 3.07. The second kappa shape index (κ2) is 9.87. The van der Waals surface area contributed by atoms with Gasteiger partial charge in [0.25, 0.3) is 0 Å². The summed E-state index contributed by atoms with van der Waals surface area (Å²) in [6, 6.07) is 11.9. The quantitative estimate of drug-likeness (QED) is 0.700. The number of ether oxygens (including phenoxy) is 1. The average Bonchev–Trinajstić information content (AvgIpc) is 2.76. The Labute approximate surface area is 186 Å². The van der Waals surface area contributed by atoms with E-state index in [-0.39, 0.29) is 47.2 Å². The molecule has 0 bridgehead atoms. The van der Waals surface area contributed by atoms with Crippen molar-refractivity contribution in [3.05, 3.63) is 58.1 Å². The van der Waals surface area contributed by atoms with Crippen LogP contribution < -0.4 is 10.1 Å². The molecule has 1 heterocycles. The molecule has 0 radical (unpaired) electrons. The van der Waals surface area contributed by atoms with Crippen LogP contribution in [-0.4, -0.2) is 63.5 Å². The Morgan fingerprint density at radius 3 is 2.47 bits per heavy atom. The molecule has 3 rings (SSSR count). The van der Waals surface area contributed by atoms with E-state index >= 15 is 0 Å². The predicted molar refractivity (Wildman–Crippen MR) is 117 cm³/mol. The van der Waals surface area contributed by atoms with Crippen LogP contribution in [0, 0.1) is 0 Å². The SMILES string of the molecule is COc1ccccc1CCNC(=O)N1CCN(S(=O)(=O)c2cccc(Cl)c2Cl)CC1. The summed E-state index contributed by atoms with van der Waals surface area (Å²) in [5.74, 6) is 0.783. The van der Waals surface area contributed by atoms with Crippen LogP contribution in [0.2, 0.25) is 10.0 Å². The highest BCUT2D eigenvalue weighted by molar-refractivity contribution is 7.89. The number of benzene rings is 2. The fourth-order valence-corrected chi connectivity index (χ4v) is 5.44. The molecule has 0 aliphatic carbocycles. The lowest BCUT2D eigenvalue weighted by molar-refractivity contribution is 0.172. The molecular weight excluding hydrogens is 449 g/mol. The van der Waals surface area contributed by atoms with Gasteiger partial charge in [-0.05, 0) is 30.2 Å². The molecule has 7 nitrogen and oxygen atoms in total. The highest BCUT2D eigenvalue weighted by Crippen LogP contribution is 2.31. The third-order valence-corrected chi connectivity index (χ3v) is 7.79. The molecule has 0 spiro atoms. The largest absolute Gasteiger partial charge is 0.496 e. The molecule has 0 atom stereocenters. The van der Waals surface area contributed by atoms with Gasteiger partial charge >= 0.3 is 6.03 Å². The number of para-hydroxylation sites is 1. The number of rotatable bonds is 6. The van der Waals surface area contributed by atoms with Gasteiger partial charge in [0.15, 0.2) is 0 Å². The van der Waals surface area contributed by atoms with Crippen molar-refractivity contribution in [3.63, 3.8) is 0 Å².